The minimum Gasteiger partial charge on any atom is -0.482 e. The zero-order valence-electron chi connectivity index (χ0n) is 19.3. The molecule has 2 amide bonds. The molecule has 0 heterocycles. The molecule has 1 aliphatic carbocycles. The van der Waals surface area contributed by atoms with E-state index in [-0.39, 0.29) is 24.5 Å². The van der Waals surface area contributed by atoms with E-state index in [4.69, 9.17) is 27.9 Å². The van der Waals surface area contributed by atoms with Gasteiger partial charge in [0.15, 0.2) is 6.61 Å². The van der Waals surface area contributed by atoms with E-state index in [1.54, 1.807) is 23.1 Å². The summed E-state index contributed by atoms with van der Waals surface area (Å²) in [7, 11) is 0. The number of carbonyl (C=O) groups excluding carboxylic acids is 2. The lowest BCUT2D eigenvalue weighted by atomic mass is 9.95. The Labute approximate surface area is 206 Å². The van der Waals surface area contributed by atoms with Gasteiger partial charge in [0, 0.05) is 17.6 Å². The molecule has 0 spiro atoms. The van der Waals surface area contributed by atoms with Gasteiger partial charge in [-0.25, -0.2) is 0 Å². The molecule has 7 heteroatoms. The van der Waals surface area contributed by atoms with Gasteiger partial charge in [-0.1, -0.05) is 79.2 Å². The number of amides is 2. The van der Waals surface area contributed by atoms with Crippen molar-refractivity contribution in [1.29, 1.82) is 0 Å². The number of hydrogen-bond acceptors (Lipinski definition) is 3. The van der Waals surface area contributed by atoms with E-state index in [0.717, 1.165) is 36.8 Å². The van der Waals surface area contributed by atoms with Gasteiger partial charge < -0.3 is 15.0 Å². The van der Waals surface area contributed by atoms with Gasteiger partial charge in [-0.15, -0.1) is 0 Å². The Hall–Kier alpha value is -2.24. The molecule has 0 saturated heterocycles. The van der Waals surface area contributed by atoms with Crippen molar-refractivity contribution in [3.63, 3.8) is 0 Å². The highest BCUT2D eigenvalue weighted by molar-refractivity contribution is 6.35. The summed E-state index contributed by atoms with van der Waals surface area (Å²) in [6.45, 7) is 4.04. The second-order valence-corrected chi connectivity index (χ2v) is 9.49. The first-order chi connectivity index (χ1) is 15.9. The summed E-state index contributed by atoms with van der Waals surface area (Å²) in [6.07, 6.45) is 5.97. The molecule has 0 unspecified atom stereocenters. The van der Waals surface area contributed by atoms with Crippen LogP contribution in [0.15, 0.2) is 42.5 Å². The number of aryl methyl sites for hydroxylation is 1. The number of carbonyl (C=O) groups is 2. The molecule has 0 aromatic heterocycles. The molecule has 2 aromatic carbocycles. The van der Waals surface area contributed by atoms with E-state index in [0.29, 0.717) is 28.8 Å². The predicted octanol–water partition coefficient (Wildman–Crippen LogP) is 5.94. The molecular weight excluding hydrogens is 459 g/mol. The van der Waals surface area contributed by atoms with Crippen LogP contribution >= 0.6 is 23.2 Å². The Bertz CT molecular complexity index is 960. The largest absolute Gasteiger partial charge is 0.482 e. The molecule has 1 saturated carbocycles. The molecule has 178 valence electrons. The van der Waals surface area contributed by atoms with Gasteiger partial charge in [-0.3, -0.25) is 9.59 Å². The maximum absolute atomic E-state index is 13.3. The number of nitrogens with one attached hydrogen (secondary N) is 1. The van der Waals surface area contributed by atoms with Crippen molar-refractivity contribution < 1.29 is 14.3 Å². The molecule has 1 fully saturated rings. The summed E-state index contributed by atoms with van der Waals surface area (Å²) in [5.74, 6) is 0.00715. The quantitative estimate of drug-likeness (QED) is 0.473. The molecule has 1 atom stereocenters. The average molecular weight is 491 g/mol. The Morgan fingerprint density at radius 1 is 1.12 bits per heavy atom. The zero-order chi connectivity index (χ0) is 23.8. The van der Waals surface area contributed by atoms with Gasteiger partial charge in [-0.2, -0.15) is 0 Å². The minimum absolute atomic E-state index is 0.102. The van der Waals surface area contributed by atoms with Crippen LogP contribution in [-0.4, -0.2) is 35.4 Å². The van der Waals surface area contributed by atoms with Crippen LogP contribution in [-0.2, 0) is 16.1 Å². The molecule has 1 N–H and O–H groups in total. The number of rotatable bonds is 9. The number of halogens is 2. The normalized spacial score (nSPS) is 15.0. The standard InChI is InChI=1S/C26H32Cl2N2O3/c1-3-23(26(32)29-21-10-5-4-6-11-21)30(16-19-9-7-8-18(2)14-19)25(31)17-33-24-13-12-20(27)15-22(24)28/h7-9,12-15,21,23H,3-6,10-11,16-17H2,1-2H3,(H,29,32)/t23-/m0/s1. The number of ether oxygens (including phenoxy) is 1. The SMILES string of the molecule is CC[C@@H](C(=O)NC1CCCCC1)N(Cc1cccc(C)c1)C(=O)COc1ccc(Cl)cc1Cl. The van der Waals surface area contributed by atoms with Crippen LogP contribution in [0, 0.1) is 6.92 Å². The van der Waals surface area contributed by atoms with Crippen molar-refractivity contribution >= 4 is 35.0 Å². The monoisotopic (exact) mass is 490 g/mol. The van der Waals surface area contributed by atoms with Crippen LogP contribution < -0.4 is 10.1 Å². The Kier molecular flexibility index (Phi) is 9.45. The second kappa shape index (κ2) is 12.3. The molecule has 0 radical (unpaired) electrons. The molecular formula is C26H32Cl2N2O3. The van der Waals surface area contributed by atoms with E-state index in [1.165, 1.54) is 6.42 Å². The summed E-state index contributed by atoms with van der Waals surface area (Å²) in [6, 6.07) is 12.4. The molecule has 2 aromatic rings. The van der Waals surface area contributed by atoms with Gasteiger partial charge in [0.1, 0.15) is 11.8 Å². The Morgan fingerprint density at radius 3 is 2.55 bits per heavy atom. The summed E-state index contributed by atoms with van der Waals surface area (Å²) < 4.78 is 5.71. The third kappa shape index (κ3) is 7.38. The molecule has 5 nitrogen and oxygen atoms in total. The summed E-state index contributed by atoms with van der Waals surface area (Å²) in [4.78, 5) is 28.2. The van der Waals surface area contributed by atoms with Crippen LogP contribution in [0.5, 0.6) is 5.75 Å². The van der Waals surface area contributed by atoms with E-state index < -0.39 is 6.04 Å². The third-order valence-electron chi connectivity index (χ3n) is 6.02. The first-order valence-electron chi connectivity index (χ1n) is 11.6. The number of nitrogens with zero attached hydrogens (tertiary/aromatic N) is 1. The van der Waals surface area contributed by atoms with E-state index >= 15 is 0 Å². The zero-order valence-corrected chi connectivity index (χ0v) is 20.8. The molecule has 33 heavy (non-hydrogen) atoms. The molecule has 3 rings (SSSR count). The van der Waals surface area contributed by atoms with Crippen molar-refractivity contribution in [1.82, 2.24) is 10.2 Å². The van der Waals surface area contributed by atoms with Crippen LogP contribution in [0.1, 0.15) is 56.6 Å². The lowest BCUT2D eigenvalue weighted by Gasteiger charge is -2.32. The topological polar surface area (TPSA) is 58.6 Å². The highest BCUT2D eigenvalue weighted by atomic mass is 35.5. The fourth-order valence-electron chi connectivity index (χ4n) is 4.29. The van der Waals surface area contributed by atoms with Crippen molar-refractivity contribution in [2.45, 2.75) is 71.0 Å². The first-order valence-corrected chi connectivity index (χ1v) is 12.4. The van der Waals surface area contributed by atoms with Crippen LogP contribution in [0.4, 0.5) is 0 Å². The van der Waals surface area contributed by atoms with Crippen LogP contribution in [0.25, 0.3) is 0 Å². The summed E-state index contributed by atoms with van der Waals surface area (Å²) in [5, 5.41) is 4.01. The molecule has 0 aliphatic heterocycles. The second-order valence-electron chi connectivity index (χ2n) is 8.64. The highest BCUT2D eigenvalue weighted by Gasteiger charge is 2.30. The van der Waals surface area contributed by atoms with Gasteiger partial charge >= 0.3 is 0 Å². The lowest BCUT2D eigenvalue weighted by molar-refractivity contribution is -0.143. The van der Waals surface area contributed by atoms with Gasteiger partial charge in [0.25, 0.3) is 5.91 Å². The number of benzene rings is 2. The fraction of sp³-hybridized carbons (Fsp3) is 0.462. The first kappa shape index (κ1) is 25.4. The lowest BCUT2D eigenvalue weighted by Crippen LogP contribution is -2.52. The Morgan fingerprint density at radius 2 is 1.88 bits per heavy atom. The predicted molar refractivity (Wildman–Crippen MR) is 133 cm³/mol. The van der Waals surface area contributed by atoms with Gasteiger partial charge in [0.2, 0.25) is 5.91 Å². The van der Waals surface area contributed by atoms with Gasteiger partial charge in [0.05, 0.1) is 5.02 Å². The van der Waals surface area contributed by atoms with Crippen molar-refractivity contribution in [3.8, 4) is 5.75 Å². The molecule has 0 bridgehead atoms. The van der Waals surface area contributed by atoms with Crippen LogP contribution in [0.3, 0.4) is 0 Å². The van der Waals surface area contributed by atoms with Crippen LogP contribution in [0.2, 0.25) is 10.0 Å². The average Bonchev–Trinajstić information content (AvgIpc) is 2.79. The maximum atomic E-state index is 13.3. The van der Waals surface area contributed by atoms with Crippen molar-refractivity contribution in [2.75, 3.05) is 6.61 Å². The summed E-state index contributed by atoms with van der Waals surface area (Å²) in [5.41, 5.74) is 2.07. The summed E-state index contributed by atoms with van der Waals surface area (Å²) >= 11 is 12.1. The van der Waals surface area contributed by atoms with E-state index in [2.05, 4.69) is 5.32 Å². The maximum Gasteiger partial charge on any atom is 0.261 e. The van der Waals surface area contributed by atoms with E-state index in [9.17, 15) is 9.59 Å². The van der Waals surface area contributed by atoms with Crippen molar-refractivity contribution in [2.24, 2.45) is 0 Å². The number of hydrogen-bond donors (Lipinski definition) is 1. The highest BCUT2D eigenvalue weighted by Crippen LogP contribution is 2.27. The molecule has 1 aliphatic rings. The minimum atomic E-state index is -0.579. The van der Waals surface area contributed by atoms with Gasteiger partial charge in [-0.05, 0) is 49.9 Å². The fourth-order valence-corrected chi connectivity index (χ4v) is 4.75. The van der Waals surface area contributed by atoms with E-state index in [1.807, 2.05) is 38.1 Å². The van der Waals surface area contributed by atoms with Crippen molar-refractivity contribution in [3.05, 3.63) is 63.6 Å². The Balaban J connectivity index is 1.77. The smallest absolute Gasteiger partial charge is 0.261 e. The third-order valence-corrected chi connectivity index (χ3v) is 6.55.